The smallest absolute Gasteiger partial charge is 0.411 e. The summed E-state index contributed by atoms with van der Waals surface area (Å²) in [5, 5.41) is 6.53. The maximum Gasteiger partial charge on any atom is 0.411 e. The van der Waals surface area contributed by atoms with Crippen LogP contribution in [0.3, 0.4) is 0 Å². The molecule has 9 nitrogen and oxygen atoms in total. The van der Waals surface area contributed by atoms with Gasteiger partial charge in [0.25, 0.3) is 0 Å². The van der Waals surface area contributed by atoms with Gasteiger partial charge in [0.1, 0.15) is 11.2 Å². The number of ether oxygens (including phenoxy) is 2. The second-order valence-corrected chi connectivity index (χ2v) is 9.01. The van der Waals surface area contributed by atoms with Crippen molar-refractivity contribution in [1.29, 1.82) is 0 Å². The minimum atomic E-state index is -0.544. The number of nitrogens with one attached hydrogen (secondary N) is 3. The van der Waals surface area contributed by atoms with Gasteiger partial charge in [-0.3, -0.25) is 5.32 Å². The number of anilines is 2. The summed E-state index contributed by atoms with van der Waals surface area (Å²) in [6.07, 6.45) is 4.26. The number of carbonyl (C=O) groups is 2. The average molecular weight is 482 g/mol. The first-order valence-electron chi connectivity index (χ1n) is 10.0. The summed E-state index contributed by atoms with van der Waals surface area (Å²) in [5.41, 5.74) is 1.61. The van der Waals surface area contributed by atoms with Crippen molar-refractivity contribution >= 4 is 50.5 Å². The van der Waals surface area contributed by atoms with Gasteiger partial charge in [-0.25, -0.2) is 14.6 Å². The van der Waals surface area contributed by atoms with Crippen LogP contribution in [0.1, 0.15) is 40.5 Å². The van der Waals surface area contributed by atoms with Gasteiger partial charge in [0, 0.05) is 31.5 Å². The topological polar surface area (TPSA) is 109 Å². The molecule has 1 unspecified atom stereocenters. The monoisotopic (exact) mass is 481 g/mol. The predicted octanol–water partition coefficient (Wildman–Crippen LogP) is 4.39. The van der Waals surface area contributed by atoms with Gasteiger partial charge < -0.3 is 24.7 Å². The Morgan fingerprint density at radius 1 is 1.37 bits per heavy atom. The summed E-state index contributed by atoms with van der Waals surface area (Å²) in [4.78, 5) is 33.9. The highest BCUT2D eigenvalue weighted by Gasteiger charge is 2.27. The Bertz CT molecular complexity index is 924. The third-order valence-electron chi connectivity index (χ3n) is 4.60. The first kappa shape index (κ1) is 22.2. The zero-order valence-corrected chi connectivity index (χ0v) is 19.3. The van der Waals surface area contributed by atoms with Gasteiger partial charge in [0.15, 0.2) is 0 Å². The molecule has 3 heterocycles. The van der Waals surface area contributed by atoms with Crippen molar-refractivity contribution in [2.45, 2.75) is 52.2 Å². The van der Waals surface area contributed by atoms with E-state index in [4.69, 9.17) is 9.47 Å². The van der Waals surface area contributed by atoms with E-state index in [1.54, 1.807) is 19.3 Å². The number of amides is 2. The molecule has 1 atom stereocenters. The van der Waals surface area contributed by atoms with Crippen molar-refractivity contribution in [2.75, 3.05) is 29.9 Å². The summed E-state index contributed by atoms with van der Waals surface area (Å²) in [6, 6.07) is -0.0517. The second kappa shape index (κ2) is 9.11. The molecule has 30 heavy (non-hydrogen) atoms. The molecular weight excluding hydrogens is 454 g/mol. The maximum absolute atomic E-state index is 12.2. The van der Waals surface area contributed by atoms with Gasteiger partial charge in [-0.2, -0.15) is 0 Å². The fourth-order valence-electron chi connectivity index (χ4n) is 3.51. The molecular formula is C20H28BrN5O4. The Kier molecular flexibility index (Phi) is 6.74. The number of hydrogen-bond acceptors (Lipinski definition) is 6. The van der Waals surface area contributed by atoms with Gasteiger partial charge in [-0.05, 0) is 56.5 Å². The molecule has 1 saturated heterocycles. The number of fused-ring (bicyclic) bond motifs is 1. The Balaban J connectivity index is 1.84. The third-order valence-corrected chi connectivity index (χ3v) is 5.18. The van der Waals surface area contributed by atoms with Crippen molar-refractivity contribution in [1.82, 2.24) is 15.3 Å². The molecule has 2 aromatic heterocycles. The van der Waals surface area contributed by atoms with Gasteiger partial charge in [-0.1, -0.05) is 0 Å². The van der Waals surface area contributed by atoms with E-state index < -0.39 is 17.8 Å². The largest absolute Gasteiger partial charge is 0.450 e. The van der Waals surface area contributed by atoms with Crippen LogP contribution in [0.15, 0.2) is 16.9 Å². The Morgan fingerprint density at radius 2 is 2.13 bits per heavy atom. The summed E-state index contributed by atoms with van der Waals surface area (Å²) >= 11 is 3.61. The summed E-state index contributed by atoms with van der Waals surface area (Å²) in [6.45, 7) is 8.99. The SMILES string of the molecule is CCOC(=O)Nc1c[nH]c2ncc(Br)c(N3CCCC(NC(=O)OC(C)(C)C)C3)c12. The van der Waals surface area contributed by atoms with E-state index in [-0.39, 0.29) is 12.6 Å². The molecule has 1 aliphatic heterocycles. The molecule has 0 aromatic carbocycles. The number of rotatable bonds is 4. The van der Waals surface area contributed by atoms with Crippen LogP contribution in [0.25, 0.3) is 11.0 Å². The molecule has 0 aliphatic carbocycles. The maximum atomic E-state index is 12.2. The van der Waals surface area contributed by atoms with Crippen LogP contribution in [-0.4, -0.2) is 53.5 Å². The molecule has 1 aliphatic rings. The van der Waals surface area contributed by atoms with Crippen molar-refractivity contribution < 1.29 is 19.1 Å². The fourth-order valence-corrected chi connectivity index (χ4v) is 4.06. The van der Waals surface area contributed by atoms with Crippen LogP contribution in [-0.2, 0) is 9.47 Å². The number of carbonyl (C=O) groups excluding carboxylic acids is 2. The summed E-state index contributed by atoms with van der Waals surface area (Å²) in [7, 11) is 0. The lowest BCUT2D eigenvalue weighted by Crippen LogP contribution is -2.49. The number of pyridine rings is 1. The number of aromatic amines is 1. The molecule has 3 N–H and O–H groups in total. The first-order chi connectivity index (χ1) is 14.2. The van der Waals surface area contributed by atoms with Crippen LogP contribution in [0, 0.1) is 0 Å². The van der Waals surface area contributed by atoms with Crippen molar-refractivity contribution in [3.63, 3.8) is 0 Å². The number of piperidine rings is 1. The first-order valence-corrected chi connectivity index (χ1v) is 10.8. The van der Waals surface area contributed by atoms with Gasteiger partial charge in [-0.15, -0.1) is 0 Å². The molecule has 10 heteroatoms. The molecule has 0 spiro atoms. The number of nitrogens with zero attached hydrogens (tertiary/aromatic N) is 2. The van der Waals surface area contributed by atoms with E-state index in [1.807, 2.05) is 20.8 Å². The highest BCUT2D eigenvalue weighted by Crippen LogP contribution is 2.39. The highest BCUT2D eigenvalue weighted by atomic mass is 79.9. The second-order valence-electron chi connectivity index (χ2n) is 8.16. The number of alkyl carbamates (subject to hydrolysis) is 1. The van der Waals surface area contributed by atoms with Crippen molar-refractivity contribution in [3.8, 4) is 0 Å². The Hall–Kier alpha value is -2.49. The standard InChI is InChI=1S/C20H28BrN5O4/c1-5-29-18(27)25-14-10-23-17-15(14)16(13(21)9-22-17)26-8-6-7-12(11-26)24-19(28)30-20(2,3)4/h9-10,12H,5-8,11H2,1-4H3,(H,22,23)(H,24,28)(H,25,27). The van der Waals surface area contributed by atoms with Crippen LogP contribution < -0.4 is 15.5 Å². The molecule has 1 fully saturated rings. The number of halogens is 1. The number of H-pyrrole nitrogens is 1. The lowest BCUT2D eigenvalue weighted by atomic mass is 10.0. The zero-order chi connectivity index (χ0) is 21.9. The molecule has 164 valence electrons. The molecule has 3 rings (SSSR count). The quantitative estimate of drug-likeness (QED) is 0.597. The molecule has 2 aromatic rings. The molecule has 0 bridgehead atoms. The van der Waals surface area contributed by atoms with Gasteiger partial charge in [0.05, 0.1) is 27.8 Å². The minimum absolute atomic E-state index is 0.0517. The van der Waals surface area contributed by atoms with Crippen molar-refractivity contribution in [2.24, 2.45) is 0 Å². The van der Waals surface area contributed by atoms with E-state index in [9.17, 15) is 9.59 Å². The molecule has 2 amide bonds. The number of aromatic nitrogens is 2. The zero-order valence-electron chi connectivity index (χ0n) is 17.7. The van der Waals surface area contributed by atoms with Crippen LogP contribution in [0.2, 0.25) is 0 Å². The lowest BCUT2D eigenvalue weighted by molar-refractivity contribution is 0.0500. The fraction of sp³-hybridized carbons (Fsp3) is 0.550. The summed E-state index contributed by atoms with van der Waals surface area (Å²) < 4.78 is 11.2. The van der Waals surface area contributed by atoms with Crippen LogP contribution in [0.4, 0.5) is 21.0 Å². The van der Waals surface area contributed by atoms with E-state index in [1.165, 1.54) is 0 Å². The average Bonchev–Trinajstić information content (AvgIpc) is 3.03. The van der Waals surface area contributed by atoms with E-state index in [2.05, 4.69) is 41.4 Å². The lowest BCUT2D eigenvalue weighted by Gasteiger charge is -2.36. The van der Waals surface area contributed by atoms with Crippen LogP contribution in [0.5, 0.6) is 0 Å². The van der Waals surface area contributed by atoms with Crippen LogP contribution >= 0.6 is 15.9 Å². The van der Waals surface area contributed by atoms with Gasteiger partial charge in [0.2, 0.25) is 0 Å². The summed E-state index contributed by atoms with van der Waals surface area (Å²) in [5.74, 6) is 0. The van der Waals surface area contributed by atoms with Gasteiger partial charge >= 0.3 is 12.2 Å². The predicted molar refractivity (Wildman–Crippen MR) is 119 cm³/mol. The van der Waals surface area contributed by atoms with Crippen molar-refractivity contribution in [3.05, 3.63) is 16.9 Å². The normalized spacial score (nSPS) is 17.0. The molecule has 0 radical (unpaired) electrons. The number of hydrogen-bond donors (Lipinski definition) is 3. The Morgan fingerprint density at radius 3 is 2.83 bits per heavy atom. The van der Waals surface area contributed by atoms with E-state index >= 15 is 0 Å². The minimum Gasteiger partial charge on any atom is -0.450 e. The molecule has 0 saturated carbocycles. The van der Waals surface area contributed by atoms with E-state index in [0.717, 1.165) is 34.9 Å². The Labute approximate surface area is 184 Å². The van der Waals surface area contributed by atoms with E-state index in [0.29, 0.717) is 17.9 Å². The highest BCUT2D eigenvalue weighted by molar-refractivity contribution is 9.10. The third kappa shape index (κ3) is 5.35.